The summed E-state index contributed by atoms with van der Waals surface area (Å²) >= 11 is 0. The smallest absolute Gasteiger partial charge is 0.143 e. The molecular formula is C16H19N3O. The Labute approximate surface area is 119 Å². The molecule has 2 aromatic rings. The number of hydrogen-bond acceptors (Lipinski definition) is 4. The van der Waals surface area contributed by atoms with E-state index >= 15 is 0 Å². The van der Waals surface area contributed by atoms with Crippen LogP contribution in [0, 0.1) is 17.2 Å². The van der Waals surface area contributed by atoms with Crippen LogP contribution in [0.15, 0.2) is 30.3 Å². The van der Waals surface area contributed by atoms with Gasteiger partial charge in [-0.2, -0.15) is 5.26 Å². The van der Waals surface area contributed by atoms with Crippen LogP contribution in [0.5, 0.6) is 0 Å². The van der Waals surface area contributed by atoms with Crippen LogP contribution in [0.4, 0.5) is 5.69 Å². The first-order valence-electron chi connectivity index (χ1n) is 6.82. The quantitative estimate of drug-likeness (QED) is 0.818. The number of benzene rings is 1. The molecule has 0 unspecified atom stereocenters. The summed E-state index contributed by atoms with van der Waals surface area (Å²) in [7, 11) is 0. The third kappa shape index (κ3) is 3.69. The van der Waals surface area contributed by atoms with Crippen LogP contribution < -0.4 is 5.32 Å². The monoisotopic (exact) mass is 269 g/mol. The van der Waals surface area contributed by atoms with Gasteiger partial charge in [0.2, 0.25) is 0 Å². The van der Waals surface area contributed by atoms with Gasteiger partial charge in [0.05, 0.1) is 12.1 Å². The van der Waals surface area contributed by atoms with Crippen LogP contribution in [0.3, 0.4) is 0 Å². The van der Waals surface area contributed by atoms with Crippen molar-refractivity contribution in [3.63, 3.8) is 0 Å². The zero-order valence-electron chi connectivity index (χ0n) is 11.9. The third-order valence-corrected chi connectivity index (χ3v) is 2.84. The molecule has 4 heteroatoms. The summed E-state index contributed by atoms with van der Waals surface area (Å²) in [6.45, 7) is 6.39. The van der Waals surface area contributed by atoms with Gasteiger partial charge < -0.3 is 10.1 Å². The number of nitriles is 1. The minimum atomic E-state index is 0.425. The summed E-state index contributed by atoms with van der Waals surface area (Å²) in [6.07, 6.45) is 0. The van der Waals surface area contributed by atoms with Crippen LogP contribution in [0.2, 0.25) is 0 Å². The van der Waals surface area contributed by atoms with Gasteiger partial charge in [-0.25, -0.2) is 4.98 Å². The van der Waals surface area contributed by atoms with Crippen molar-refractivity contribution >= 4 is 16.6 Å². The highest BCUT2D eigenvalue weighted by atomic mass is 16.5. The molecular weight excluding hydrogens is 250 g/mol. The van der Waals surface area contributed by atoms with Crippen molar-refractivity contribution in [2.75, 3.05) is 25.1 Å². The topological polar surface area (TPSA) is 57.9 Å². The third-order valence-electron chi connectivity index (χ3n) is 2.84. The van der Waals surface area contributed by atoms with E-state index in [9.17, 15) is 0 Å². The average Bonchev–Trinajstić information content (AvgIpc) is 2.46. The molecule has 4 nitrogen and oxygen atoms in total. The summed E-state index contributed by atoms with van der Waals surface area (Å²) in [6, 6.07) is 11.7. The number of nitrogens with zero attached hydrogens (tertiary/aromatic N) is 2. The molecule has 0 bridgehead atoms. The molecule has 0 saturated heterocycles. The van der Waals surface area contributed by atoms with Crippen LogP contribution in [-0.2, 0) is 4.74 Å². The average molecular weight is 269 g/mol. The summed E-state index contributed by atoms with van der Waals surface area (Å²) in [5.74, 6) is 0.543. The van der Waals surface area contributed by atoms with Gasteiger partial charge in [-0.05, 0) is 18.1 Å². The van der Waals surface area contributed by atoms with E-state index in [0.717, 1.165) is 23.2 Å². The summed E-state index contributed by atoms with van der Waals surface area (Å²) in [4.78, 5) is 4.29. The standard InChI is InChI=1S/C16H19N3O/c1-12(2)11-20-8-7-18-16-9-13(10-17)19-15-6-4-3-5-14(15)16/h3-6,9,12H,7-8,11H2,1-2H3,(H,18,19). The molecule has 20 heavy (non-hydrogen) atoms. The lowest BCUT2D eigenvalue weighted by molar-refractivity contribution is 0.118. The molecule has 0 aliphatic heterocycles. The van der Waals surface area contributed by atoms with E-state index in [2.05, 4.69) is 30.2 Å². The Bertz CT molecular complexity index is 617. The maximum atomic E-state index is 9.03. The molecule has 0 radical (unpaired) electrons. The highest BCUT2D eigenvalue weighted by Gasteiger charge is 2.04. The maximum Gasteiger partial charge on any atom is 0.143 e. The Balaban J connectivity index is 2.07. The van der Waals surface area contributed by atoms with Crippen LogP contribution in [0.25, 0.3) is 10.9 Å². The molecule has 0 saturated carbocycles. The Morgan fingerprint density at radius 2 is 2.15 bits per heavy atom. The van der Waals surface area contributed by atoms with Crippen molar-refractivity contribution in [2.24, 2.45) is 5.92 Å². The fourth-order valence-electron chi connectivity index (χ4n) is 1.96. The number of hydrogen-bond donors (Lipinski definition) is 1. The molecule has 0 atom stereocenters. The van der Waals surface area contributed by atoms with Gasteiger partial charge in [0.25, 0.3) is 0 Å². The second-order valence-electron chi connectivity index (χ2n) is 5.08. The highest BCUT2D eigenvalue weighted by Crippen LogP contribution is 2.22. The predicted molar refractivity (Wildman–Crippen MR) is 80.6 cm³/mol. The van der Waals surface area contributed by atoms with Crippen molar-refractivity contribution in [3.8, 4) is 6.07 Å². The van der Waals surface area contributed by atoms with Gasteiger partial charge in [0, 0.05) is 24.2 Å². The van der Waals surface area contributed by atoms with E-state index in [1.165, 1.54) is 0 Å². The zero-order valence-corrected chi connectivity index (χ0v) is 11.9. The first-order chi connectivity index (χ1) is 9.70. The number of ether oxygens (including phenoxy) is 1. The number of aromatic nitrogens is 1. The predicted octanol–water partition coefficient (Wildman–Crippen LogP) is 3.19. The van der Waals surface area contributed by atoms with E-state index in [-0.39, 0.29) is 0 Å². The van der Waals surface area contributed by atoms with Crippen molar-refractivity contribution < 1.29 is 4.74 Å². The minimum Gasteiger partial charge on any atom is -0.382 e. The minimum absolute atomic E-state index is 0.425. The zero-order chi connectivity index (χ0) is 14.4. The van der Waals surface area contributed by atoms with Gasteiger partial charge >= 0.3 is 0 Å². The molecule has 0 amide bonds. The van der Waals surface area contributed by atoms with Crippen LogP contribution in [-0.4, -0.2) is 24.7 Å². The number of rotatable bonds is 6. The SMILES string of the molecule is CC(C)COCCNc1cc(C#N)nc2ccccc12. The molecule has 0 fully saturated rings. The second kappa shape index (κ2) is 6.88. The first-order valence-corrected chi connectivity index (χ1v) is 6.82. The number of fused-ring (bicyclic) bond motifs is 1. The molecule has 0 aliphatic carbocycles. The van der Waals surface area contributed by atoms with Crippen LogP contribution >= 0.6 is 0 Å². The maximum absolute atomic E-state index is 9.03. The molecule has 1 aromatic heterocycles. The Kier molecular flexibility index (Phi) is 4.91. The van der Waals surface area contributed by atoms with E-state index in [1.807, 2.05) is 24.3 Å². The van der Waals surface area contributed by atoms with Gasteiger partial charge in [0.1, 0.15) is 11.8 Å². The van der Waals surface area contributed by atoms with Gasteiger partial charge in [-0.1, -0.05) is 32.0 Å². The number of pyridine rings is 1. The van der Waals surface area contributed by atoms with E-state index in [1.54, 1.807) is 6.07 Å². The van der Waals surface area contributed by atoms with E-state index in [4.69, 9.17) is 10.00 Å². The van der Waals surface area contributed by atoms with Crippen molar-refractivity contribution in [1.29, 1.82) is 5.26 Å². The number of nitrogens with one attached hydrogen (secondary N) is 1. The molecule has 1 N–H and O–H groups in total. The molecule has 2 rings (SSSR count). The molecule has 1 heterocycles. The number of anilines is 1. The lowest BCUT2D eigenvalue weighted by Crippen LogP contribution is -2.12. The molecule has 0 spiro atoms. The van der Waals surface area contributed by atoms with Crippen molar-refractivity contribution in [1.82, 2.24) is 4.98 Å². The highest BCUT2D eigenvalue weighted by molar-refractivity contribution is 5.91. The molecule has 1 aromatic carbocycles. The summed E-state index contributed by atoms with van der Waals surface area (Å²) in [5.41, 5.74) is 2.19. The van der Waals surface area contributed by atoms with Gasteiger partial charge in [-0.15, -0.1) is 0 Å². The van der Waals surface area contributed by atoms with E-state index in [0.29, 0.717) is 24.8 Å². The second-order valence-corrected chi connectivity index (χ2v) is 5.08. The van der Waals surface area contributed by atoms with Crippen molar-refractivity contribution in [2.45, 2.75) is 13.8 Å². The summed E-state index contributed by atoms with van der Waals surface area (Å²) in [5, 5.41) is 13.4. The Morgan fingerprint density at radius 3 is 2.90 bits per heavy atom. The first kappa shape index (κ1) is 14.3. The van der Waals surface area contributed by atoms with Crippen molar-refractivity contribution in [3.05, 3.63) is 36.0 Å². The fourth-order valence-corrected chi connectivity index (χ4v) is 1.96. The van der Waals surface area contributed by atoms with Crippen LogP contribution in [0.1, 0.15) is 19.5 Å². The van der Waals surface area contributed by atoms with E-state index < -0.39 is 0 Å². The van der Waals surface area contributed by atoms with Gasteiger partial charge in [-0.3, -0.25) is 0 Å². The Hall–Kier alpha value is -2.12. The summed E-state index contributed by atoms with van der Waals surface area (Å²) < 4.78 is 5.54. The largest absolute Gasteiger partial charge is 0.382 e. The molecule has 0 aliphatic rings. The lowest BCUT2D eigenvalue weighted by Gasteiger charge is -2.11. The molecule has 104 valence electrons. The fraction of sp³-hybridized carbons (Fsp3) is 0.375. The lowest BCUT2D eigenvalue weighted by atomic mass is 10.1. The normalized spacial score (nSPS) is 10.7. The van der Waals surface area contributed by atoms with Gasteiger partial charge in [0.15, 0.2) is 0 Å². The number of para-hydroxylation sites is 1. The Morgan fingerprint density at radius 1 is 1.35 bits per heavy atom.